The smallest absolute Gasteiger partial charge is 0.220 e. The average Bonchev–Trinajstić information content (AvgIpc) is 2.36. The second-order valence-corrected chi connectivity index (χ2v) is 5.86. The minimum Gasteiger partial charge on any atom is -0.356 e. The van der Waals surface area contributed by atoms with Crippen molar-refractivity contribution >= 4 is 5.91 Å². The lowest BCUT2D eigenvalue weighted by molar-refractivity contribution is -0.121. The van der Waals surface area contributed by atoms with Crippen molar-refractivity contribution in [2.75, 3.05) is 13.1 Å². The SMILES string of the molecule is CC(C)NCCCC(=O)NCCC1CCCCC1. The van der Waals surface area contributed by atoms with E-state index in [1.165, 1.54) is 38.5 Å². The van der Waals surface area contributed by atoms with Crippen LogP contribution in [0.2, 0.25) is 0 Å². The third kappa shape index (κ3) is 7.70. The van der Waals surface area contributed by atoms with Gasteiger partial charge in [-0.2, -0.15) is 0 Å². The summed E-state index contributed by atoms with van der Waals surface area (Å²) in [5.74, 6) is 1.08. The Bertz CT molecular complexity index is 223. The monoisotopic (exact) mass is 254 g/mol. The van der Waals surface area contributed by atoms with E-state index in [4.69, 9.17) is 0 Å². The van der Waals surface area contributed by atoms with Gasteiger partial charge in [0, 0.05) is 19.0 Å². The van der Waals surface area contributed by atoms with Crippen LogP contribution in [0.5, 0.6) is 0 Å². The van der Waals surface area contributed by atoms with Gasteiger partial charge in [-0.1, -0.05) is 46.0 Å². The summed E-state index contributed by atoms with van der Waals surface area (Å²) in [6.07, 6.45) is 9.70. The van der Waals surface area contributed by atoms with Gasteiger partial charge in [-0.05, 0) is 25.3 Å². The maximum absolute atomic E-state index is 11.6. The van der Waals surface area contributed by atoms with E-state index in [1.807, 2.05) is 0 Å². The third-order valence-corrected chi connectivity index (χ3v) is 3.73. The van der Waals surface area contributed by atoms with Crippen LogP contribution in [0.1, 0.15) is 65.2 Å². The number of hydrogen-bond donors (Lipinski definition) is 2. The summed E-state index contributed by atoms with van der Waals surface area (Å²) in [7, 11) is 0. The molecule has 1 aliphatic rings. The first kappa shape index (κ1) is 15.5. The lowest BCUT2D eigenvalue weighted by Crippen LogP contribution is -2.28. The van der Waals surface area contributed by atoms with E-state index in [2.05, 4.69) is 24.5 Å². The number of amides is 1. The van der Waals surface area contributed by atoms with Gasteiger partial charge >= 0.3 is 0 Å². The van der Waals surface area contributed by atoms with Crippen LogP contribution in [0, 0.1) is 5.92 Å². The molecule has 0 heterocycles. The molecule has 0 radical (unpaired) electrons. The summed E-state index contributed by atoms with van der Waals surface area (Å²) in [4.78, 5) is 11.6. The number of carbonyl (C=O) groups excluding carboxylic acids is 1. The van der Waals surface area contributed by atoms with E-state index in [0.29, 0.717) is 12.5 Å². The highest BCUT2D eigenvalue weighted by Gasteiger charge is 2.13. The molecule has 0 aromatic heterocycles. The molecule has 106 valence electrons. The van der Waals surface area contributed by atoms with Crippen molar-refractivity contribution in [2.45, 2.75) is 71.3 Å². The molecule has 0 aliphatic heterocycles. The van der Waals surface area contributed by atoms with E-state index in [1.54, 1.807) is 0 Å². The Morgan fingerprint density at radius 2 is 1.89 bits per heavy atom. The number of nitrogens with one attached hydrogen (secondary N) is 2. The highest BCUT2D eigenvalue weighted by molar-refractivity contribution is 5.75. The van der Waals surface area contributed by atoms with Crippen molar-refractivity contribution < 1.29 is 4.79 Å². The third-order valence-electron chi connectivity index (χ3n) is 3.73. The Balaban J connectivity index is 1.92. The number of rotatable bonds is 8. The Labute approximate surface area is 112 Å². The van der Waals surface area contributed by atoms with Gasteiger partial charge in [-0.25, -0.2) is 0 Å². The van der Waals surface area contributed by atoms with Crippen LogP contribution in [0.3, 0.4) is 0 Å². The standard InChI is InChI=1S/C15H30N2O/c1-13(2)16-11-6-9-15(18)17-12-10-14-7-4-3-5-8-14/h13-14,16H,3-12H2,1-2H3,(H,17,18). The van der Waals surface area contributed by atoms with Gasteiger partial charge in [0.1, 0.15) is 0 Å². The summed E-state index contributed by atoms with van der Waals surface area (Å²) in [5.41, 5.74) is 0. The fourth-order valence-electron chi connectivity index (χ4n) is 2.62. The molecule has 0 bridgehead atoms. The average molecular weight is 254 g/mol. The van der Waals surface area contributed by atoms with E-state index >= 15 is 0 Å². The molecule has 1 fully saturated rings. The van der Waals surface area contributed by atoms with E-state index in [-0.39, 0.29) is 5.91 Å². The zero-order valence-electron chi connectivity index (χ0n) is 12.1. The minimum absolute atomic E-state index is 0.219. The van der Waals surface area contributed by atoms with Gasteiger partial charge in [0.2, 0.25) is 5.91 Å². The zero-order valence-corrected chi connectivity index (χ0v) is 12.1. The van der Waals surface area contributed by atoms with Crippen LogP contribution in [-0.4, -0.2) is 25.0 Å². The van der Waals surface area contributed by atoms with Crippen LogP contribution in [0.15, 0.2) is 0 Å². The normalized spacial score (nSPS) is 17.1. The van der Waals surface area contributed by atoms with Crippen LogP contribution in [0.25, 0.3) is 0 Å². The van der Waals surface area contributed by atoms with Gasteiger partial charge in [0.05, 0.1) is 0 Å². The molecule has 1 aliphatic carbocycles. The molecular weight excluding hydrogens is 224 g/mol. The predicted molar refractivity (Wildman–Crippen MR) is 76.6 cm³/mol. The van der Waals surface area contributed by atoms with Gasteiger partial charge in [-0.15, -0.1) is 0 Å². The quantitative estimate of drug-likeness (QED) is 0.654. The summed E-state index contributed by atoms with van der Waals surface area (Å²) in [6.45, 7) is 6.07. The van der Waals surface area contributed by atoms with Crippen LogP contribution >= 0.6 is 0 Å². The summed E-state index contributed by atoms with van der Waals surface area (Å²) in [6, 6.07) is 0.513. The van der Waals surface area contributed by atoms with E-state index < -0.39 is 0 Å². The second-order valence-electron chi connectivity index (χ2n) is 5.86. The van der Waals surface area contributed by atoms with Crippen LogP contribution in [-0.2, 0) is 4.79 Å². The molecule has 1 saturated carbocycles. The highest BCUT2D eigenvalue weighted by atomic mass is 16.1. The minimum atomic E-state index is 0.219. The molecule has 0 aromatic carbocycles. The summed E-state index contributed by atoms with van der Waals surface area (Å²) in [5, 5.41) is 6.38. The Morgan fingerprint density at radius 1 is 1.17 bits per heavy atom. The molecule has 0 saturated heterocycles. The lowest BCUT2D eigenvalue weighted by atomic mass is 9.87. The van der Waals surface area contributed by atoms with Crippen molar-refractivity contribution in [3.8, 4) is 0 Å². The molecule has 0 spiro atoms. The maximum atomic E-state index is 11.6. The molecule has 2 N–H and O–H groups in total. The molecule has 0 aromatic rings. The highest BCUT2D eigenvalue weighted by Crippen LogP contribution is 2.25. The molecule has 0 atom stereocenters. The van der Waals surface area contributed by atoms with Crippen molar-refractivity contribution in [3.05, 3.63) is 0 Å². The van der Waals surface area contributed by atoms with Gasteiger partial charge in [0.15, 0.2) is 0 Å². The van der Waals surface area contributed by atoms with Gasteiger partial charge in [0.25, 0.3) is 0 Å². The van der Waals surface area contributed by atoms with Crippen LogP contribution in [0.4, 0.5) is 0 Å². The van der Waals surface area contributed by atoms with Crippen molar-refractivity contribution in [2.24, 2.45) is 5.92 Å². The Kier molecular flexibility index (Phi) is 8.06. The summed E-state index contributed by atoms with van der Waals surface area (Å²) < 4.78 is 0. The molecule has 1 amide bonds. The fraction of sp³-hybridized carbons (Fsp3) is 0.933. The Morgan fingerprint density at radius 3 is 2.56 bits per heavy atom. The zero-order chi connectivity index (χ0) is 13.2. The fourth-order valence-corrected chi connectivity index (χ4v) is 2.62. The van der Waals surface area contributed by atoms with Crippen molar-refractivity contribution in [1.82, 2.24) is 10.6 Å². The topological polar surface area (TPSA) is 41.1 Å². The number of carbonyl (C=O) groups is 1. The maximum Gasteiger partial charge on any atom is 0.220 e. The van der Waals surface area contributed by atoms with E-state index in [0.717, 1.165) is 25.4 Å². The van der Waals surface area contributed by atoms with Crippen molar-refractivity contribution in [1.29, 1.82) is 0 Å². The molecule has 0 unspecified atom stereocenters. The predicted octanol–water partition coefficient (Wildman–Crippen LogP) is 2.85. The van der Waals surface area contributed by atoms with Crippen molar-refractivity contribution in [3.63, 3.8) is 0 Å². The molecule has 18 heavy (non-hydrogen) atoms. The lowest BCUT2D eigenvalue weighted by Gasteiger charge is -2.21. The first-order chi connectivity index (χ1) is 8.68. The largest absolute Gasteiger partial charge is 0.356 e. The molecule has 1 rings (SSSR count). The first-order valence-corrected chi connectivity index (χ1v) is 7.68. The van der Waals surface area contributed by atoms with Crippen LogP contribution < -0.4 is 10.6 Å². The molecule has 3 heteroatoms. The summed E-state index contributed by atoms with van der Waals surface area (Å²) >= 11 is 0. The Hall–Kier alpha value is -0.570. The molecular formula is C15H30N2O. The second kappa shape index (κ2) is 9.37. The van der Waals surface area contributed by atoms with E-state index in [9.17, 15) is 4.79 Å². The number of hydrogen-bond acceptors (Lipinski definition) is 2. The van der Waals surface area contributed by atoms with Gasteiger partial charge < -0.3 is 10.6 Å². The molecule has 3 nitrogen and oxygen atoms in total. The van der Waals surface area contributed by atoms with Gasteiger partial charge in [-0.3, -0.25) is 4.79 Å². The first-order valence-electron chi connectivity index (χ1n) is 7.68.